The van der Waals surface area contributed by atoms with Gasteiger partial charge < -0.3 is 19.9 Å². The van der Waals surface area contributed by atoms with Gasteiger partial charge in [0.25, 0.3) is 0 Å². The molecular formula is C18H17NO6. The first-order valence-corrected chi connectivity index (χ1v) is 7.35. The van der Waals surface area contributed by atoms with Gasteiger partial charge >= 0.3 is 5.97 Å². The quantitative estimate of drug-likeness (QED) is 0.617. The third kappa shape index (κ3) is 4.81. The van der Waals surface area contributed by atoms with E-state index in [0.29, 0.717) is 17.0 Å². The highest BCUT2D eigenvalue weighted by molar-refractivity contribution is 6.00. The summed E-state index contributed by atoms with van der Waals surface area (Å²) in [4.78, 5) is 35.0. The van der Waals surface area contributed by atoms with Gasteiger partial charge in [-0.2, -0.15) is 0 Å². The monoisotopic (exact) mass is 343 g/mol. The fourth-order valence-electron chi connectivity index (χ4n) is 2.05. The van der Waals surface area contributed by atoms with Gasteiger partial charge in [-0.15, -0.1) is 0 Å². The van der Waals surface area contributed by atoms with E-state index in [1.54, 1.807) is 12.1 Å². The zero-order valence-electron chi connectivity index (χ0n) is 13.7. The minimum Gasteiger partial charge on any atom is -0.507 e. The van der Waals surface area contributed by atoms with E-state index >= 15 is 0 Å². The van der Waals surface area contributed by atoms with Crippen molar-refractivity contribution < 1.29 is 29.0 Å². The minimum atomic E-state index is -0.816. The number of carbonyl (C=O) groups is 3. The SMILES string of the molecule is COc1ccc(C(=O)OCC(=O)c2ccc(NC(C)=O)cc2)c(O)c1. The van der Waals surface area contributed by atoms with Gasteiger partial charge in [0.2, 0.25) is 5.91 Å². The topological polar surface area (TPSA) is 102 Å². The molecule has 0 aliphatic rings. The van der Waals surface area contributed by atoms with Crippen LogP contribution in [0.5, 0.6) is 11.5 Å². The average molecular weight is 343 g/mol. The van der Waals surface area contributed by atoms with Crippen LogP contribution < -0.4 is 10.1 Å². The molecule has 0 saturated carbocycles. The molecule has 0 unspecified atom stereocenters. The number of aromatic hydroxyl groups is 1. The van der Waals surface area contributed by atoms with Crippen molar-refractivity contribution in [2.45, 2.75) is 6.92 Å². The van der Waals surface area contributed by atoms with E-state index in [9.17, 15) is 19.5 Å². The second-order valence-electron chi connectivity index (χ2n) is 5.14. The number of carbonyl (C=O) groups excluding carboxylic acids is 3. The number of methoxy groups -OCH3 is 1. The summed E-state index contributed by atoms with van der Waals surface area (Å²) in [6, 6.07) is 10.3. The molecule has 1 amide bonds. The summed E-state index contributed by atoms with van der Waals surface area (Å²) in [6.45, 7) is 0.914. The Kier molecular flexibility index (Phi) is 5.73. The van der Waals surface area contributed by atoms with Crippen molar-refractivity contribution in [1.29, 1.82) is 0 Å². The number of hydrogen-bond donors (Lipinski definition) is 2. The largest absolute Gasteiger partial charge is 0.507 e. The highest BCUT2D eigenvalue weighted by atomic mass is 16.5. The summed E-state index contributed by atoms with van der Waals surface area (Å²) >= 11 is 0. The number of esters is 1. The molecule has 2 aromatic rings. The first kappa shape index (κ1) is 18.0. The first-order valence-electron chi connectivity index (χ1n) is 7.35. The molecule has 25 heavy (non-hydrogen) atoms. The zero-order valence-corrected chi connectivity index (χ0v) is 13.7. The van der Waals surface area contributed by atoms with Crippen molar-refractivity contribution >= 4 is 23.3 Å². The molecule has 0 fully saturated rings. The van der Waals surface area contributed by atoms with E-state index in [1.165, 1.54) is 44.4 Å². The van der Waals surface area contributed by atoms with Gasteiger partial charge in [0.15, 0.2) is 12.4 Å². The third-order valence-corrected chi connectivity index (χ3v) is 3.29. The smallest absolute Gasteiger partial charge is 0.342 e. The molecule has 0 aliphatic carbocycles. The van der Waals surface area contributed by atoms with Crippen LogP contribution in [0.1, 0.15) is 27.6 Å². The summed E-state index contributed by atoms with van der Waals surface area (Å²) in [5.74, 6) is -1.34. The number of Topliss-reactive ketones (excluding diaryl/α,β-unsaturated/α-hetero) is 1. The van der Waals surface area contributed by atoms with Gasteiger partial charge in [-0.05, 0) is 36.4 Å². The van der Waals surface area contributed by atoms with Gasteiger partial charge in [-0.25, -0.2) is 4.79 Å². The molecule has 0 saturated heterocycles. The van der Waals surface area contributed by atoms with Crippen LogP contribution in [0, 0.1) is 0 Å². The van der Waals surface area contributed by atoms with Gasteiger partial charge in [0.05, 0.1) is 7.11 Å². The molecule has 2 aromatic carbocycles. The minimum absolute atomic E-state index is 0.0605. The predicted molar refractivity (Wildman–Crippen MR) is 90.0 cm³/mol. The maximum absolute atomic E-state index is 12.1. The van der Waals surface area contributed by atoms with E-state index in [4.69, 9.17) is 9.47 Å². The second kappa shape index (κ2) is 7.96. The van der Waals surface area contributed by atoms with Crippen molar-refractivity contribution in [3.05, 3.63) is 53.6 Å². The number of phenols is 1. The van der Waals surface area contributed by atoms with E-state index in [-0.39, 0.29) is 17.2 Å². The van der Waals surface area contributed by atoms with Crippen LogP contribution in [0.3, 0.4) is 0 Å². The average Bonchev–Trinajstić information content (AvgIpc) is 2.59. The zero-order chi connectivity index (χ0) is 18.4. The molecule has 7 heteroatoms. The molecular weight excluding hydrogens is 326 g/mol. The number of amides is 1. The first-order chi connectivity index (χ1) is 11.9. The summed E-state index contributed by atoms with van der Waals surface area (Å²) < 4.78 is 9.86. The van der Waals surface area contributed by atoms with E-state index in [1.807, 2.05) is 0 Å². The lowest BCUT2D eigenvalue weighted by molar-refractivity contribution is -0.114. The summed E-state index contributed by atoms with van der Waals surface area (Å²) in [5.41, 5.74) is 0.833. The molecule has 0 spiro atoms. The van der Waals surface area contributed by atoms with Crippen LogP contribution >= 0.6 is 0 Å². The molecule has 0 atom stereocenters. The molecule has 0 aliphatic heterocycles. The van der Waals surface area contributed by atoms with Crippen LogP contribution in [-0.4, -0.2) is 36.5 Å². The van der Waals surface area contributed by atoms with Gasteiger partial charge in [0.1, 0.15) is 17.1 Å². The van der Waals surface area contributed by atoms with Crippen LogP contribution in [0.25, 0.3) is 0 Å². The molecule has 7 nitrogen and oxygen atoms in total. The molecule has 2 N–H and O–H groups in total. The lowest BCUT2D eigenvalue weighted by Gasteiger charge is -2.08. The summed E-state index contributed by atoms with van der Waals surface area (Å²) in [7, 11) is 1.43. The number of rotatable bonds is 6. The van der Waals surface area contributed by atoms with Crippen molar-refractivity contribution in [3.63, 3.8) is 0 Å². The predicted octanol–water partition coefficient (Wildman–Crippen LogP) is 2.40. The Balaban J connectivity index is 1.97. The van der Waals surface area contributed by atoms with E-state index < -0.39 is 18.4 Å². The molecule has 0 radical (unpaired) electrons. The third-order valence-electron chi connectivity index (χ3n) is 3.29. The number of nitrogens with one attached hydrogen (secondary N) is 1. The summed E-state index contributed by atoms with van der Waals surface area (Å²) in [5, 5.41) is 12.4. The number of ketones is 1. The normalized spacial score (nSPS) is 10.0. The Hall–Kier alpha value is -3.35. The maximum atomic E-state index is 12.1. The molecule has 0 aromatic heterocycles. The lowest BCUT2D eigenvalue weighted by atomic mass is 10.1. The van der Waals surface area contributed by atoms with Crippen LogP contribution in [0.2, 0.25) is 0 Å². The Morgan fingerprint density at radius 1 is 1.08 bits per heavy atom. The van der Waals surface area contributed by atoms with Crippen molar-refractivity contribution in [2.75, 3.05) is 19.0 Å². The highest BCUT2D eigenvalue weighted by Gasteiger charge is 2.16. The Morgan fingerprint density at radius 3 is 2.32 bits per heavy atom. The fourth-order valence-corrected chi connectivity index (χ4v) is 2.05. The Bertz CT molecular complexity index is 798. The van der Waals surface area contributed by atoms with Crippen molar-refractivity contribution in [2.24, 2.45) is 0 Å². The standard InChI is InChI=1S/C18H17NO6/c1-11(20)19-13-5-3-12(4-6-13)17(22)10-25-18(23)15-8-7-14(24-2)9-16(15)21/h3-9,21H,10H2,1-2H3,(H,19,20). The summed E-state index contributed by atoms with van der Waals surface area (Å²) in [6.07, 6.45) is 0. The van der Waals surface area contributed by atoms with Crippen molar-refractivity contribution in [3.8, 4) is 11.5 Å². The number of benzene rings is 2. The van der Waals surface area contributed by atoms with Gasteiger partial charge in [0, 0.05) is 24.2 Å². The number of anilines is 1. The van der Waals surface area contributed by atoms with E-state index in [0.717, 1.165) is 0 Å². The van der Waals surface area contributed by atoms with E-state index in [2.05, 4.69) is 5.32 Å². The number of phenolic OH excluding ortho intramolecular Hbond substituents is 1. The highest BCUT2D eigenvalue weighted by Crippen LogP contribution is 2.24. The van der Waals surface area contributed by atoms with Crippen molar-refractivity contribution in [1.82, 2.24) is 0 Å². The molecule has 130 valence electrons. The van der Waals surface area contributed by atoms with Crippen LogP contribution in [0.15, 0.2) is 42.5 Å². The fraction of sp³-hybridized carbons (Fsp3) is 0.167. The Labute approximate surface area is 144 Å². The van der Waals surface area contributed by atoms with Gasteiger partial charge in [-0.1, -0.05) is 0 Å². The number of hydrogen-bond acceptors (Lipinski definition) is 6. The van der Waals surface area contributed by atoms with Gasteiger partial charge in [-0.3, -0.25) is 9.59 Å². The second-order valence-corrected chi connectivity index (χ2v) is 5.14. The Morgan fingerprint density at radius 2 is 1.76 bits per heavy atom. The number of ether oxygens (including phenoxy) is 2. The molecule has 0 bridgehead atoms. The molecule has 2 rings (SSSR count). The van der Waals surface area contributed by atoms with Crippen LogP contribution in [-0.2, 0) is 9.53 Å². The molecule has 0 heterocycles. The maximum Gasteiger partial charge on any atom is 0.342 e. The van der Waals surface area contributed by atoms with Crippen LogP contribution in [0.4, 0.5) is 5.69 Å². The lowest BCUT2D eigenvalue weighted by Crippen LogP contribution is -2.14.